The highest BCUT2D eigenvalue weighted by atomic mass is 16.5. The third kappa shape index (κ3) is 2.71. The van der Waals surface area contributed by atoms with Gasteiger partial charge >= 0.3 is 0 Å². The van der Waals surface area contributed by atoms with Crippen LogP contribution in [0.25, 0.3) is 0 Å². The Labute approximate surface area is 118 Å². The lowest BCUT2D eigenvalue weighted by molar-refractivity contribution is -0.156. The first-order chi connectivity index (χ1) is 9.04. The monoisotopic (exact) mass is 265 g/mol. The summed E-state index contributed by atoms with van der Waals surface area (Å²) in [5, 5.41) is 0. The van der Waals surface area contributed by atoms with Crippen molar-refractivity contribution < 1.29 is 4.74 Å². The lowest BCUT2D eigenvalue weighted by atomic mass is 9.59. The maximum atomic E-state index is 6.11. The maximum Gasteiger partial charge on any atom is 0.0685 e. The second kappa shape index (κ2) is 5.04. The van der Waals surface area contributed by atoms with Crippen molar-refractivity contribution in [1.82, 2.24) is 0 Å². The number of hydrogen-bond donors (Lipinski definition) is 1. The Kier molecular flexibility index (Phi) is 3.68. The quantitative estimate of drug-likeness (QED) is 0.825. The predicted molar refractivity (Wildman–Crippen MR) is 78.9 cm³/mol. The van der Waals surface area contributed by atoms with Gasteiger partial charge in [-0.2, -0.15) is 0 Å². The van der Waals surface area contributed by atoms with Crippen LogP contribution in [0.5, 0.6) is 0 Å². The zero-order valence-corrected chi connectivity index (χ0v) is 12.8. The van der Waals surface area contributed by atoms with Crippen LogP contribution < -0.4 is 5.73 Å². The third-order valence-electron chi connectivity index (χ3n) is 6.29. The summed E-state index contributed by atoms with van der Waals surface area (Å²) in [6.45, 7) is 6.79. The SMILES string of the molecule is CC1(C)CCC(CN)C(C2CCOC3(CCC3)C2)C1. The Balaban J connectivity index is 1.70. The summed E-state index contributed by atoms with van der Waals surface area (Å²) in [5.41, 5.74) is 6.90. The van der Waals surface area contributed by atoms with Gasteiger partial charge in [-0.25, -0.2) is 0 Å². The molecule has 0 aromatic carbocycles. The largest absolute Gasteiger partial charge is 0.375 e. The fourth-order valence-corrected chi connectivity index (χ4v) is 4.89. The Morgan fingerprint density at radius 3 is 2.53 bits per heavy atom. The smallest absolute Gasteiger partial charge is 0.0685 e. The Morgan fingerprint density at radius 2 is 1.89 bits per heavy atom. The van der Waals surface area contributed by atoms with Gasteiger partial charge in [-0.3, -0.25) is 0 Å². The minimum absolute atomic E-state index is 0.295. The first-order valence-corrected chi connectivity index (χ1v) is 8.38. The van der Waals surface area contributed by atoms with Crippen LogP contribution in [0.4, 0.5) is 0 Å². The van der Waals surface area contributed by atoms with Crippen molar-refractivity contribution >= 4 is 0 Å². The summed E-state index contributed by atoms with van der Waals surface area (Å²) in [7, 11) is 0. The van der Waals surface area contributed by atoms with Crippen LogP contribution in [0.3, 0.4) is 0 Å². The van der Waals surface area contributed by atoms with E-state index in [9.17, 15) is 0 Å². The molecule has 1 saturated heterocycles. The second-order valence-corrected chi connectivity index (χ2v) is 8.20. The standard InChI is InChI=1S/C17H31NO/c1-16(2)8-4-14(12-18)15(11-16)13-5-9-19-17(10-13)6-3-7-17/h13-15H,3-12,18H2,1-2H3. The van der Waals surface area contributed by atoms with Gasteiger partial charge in [0.05, 0.1) is 5.60 Å². The summed E-state index contributed by atoms with van der Waals surface area (Å²) in [5.74, 6) is 2.51. The van der Waals surface area contributed by atoms with E-state index in [0.29, 0.717) is 11.0 Å². The normalized spacial score (nSPS) is 40.9. The highest BCUT2D eigenvalue weighted by molar-refractivity contribution is 4.98. The van der Waals surface area contributed by atoms with Crippen molar-refractivity contribution in [2.75, 3.05) is 13.2 Å². The van der Waals surface area contributed by atoms with Crippen LogP contribution in [-0.2, 0) is 4.74 Å². The molecule has 3 atom stereocenters. The van der Waals surface area contributed by atoms with Crippen LogP contribution in [0.1, 0.15) is 65.2 Å². The predicted octanol–water partition coefficient (Wildman–Crippen LogP) is 3.74. The molecule has 0 aromatic rings. The average molecular weight is 265 g/mol. The topological polar surface area (TPSA) is 35.2 Å². The first kappa shape index (κ1) is 13.9. The molecule has 3 aliphatic rings. The number of hydrogen-bond acceptors (Lipinski definition) is 2. The minimum atomic E-state index is 0.295. The van der Waals surface area contributed by atoms with Crippen molar-refractivity contribution in [1.29, 1.82) is 0 Å². The van der Waals surface area contributed by atoms with E-state index in [2.05, 4.69) is 13.8 Å². The highest BCUT2D eigenvalue weighted by Crippen LogP contribution is 2.52. The lowest BCUT2D eigenvalue weighted by Gasteiger charge is -2.52. The zero-order chi connectivity index (χ0) is 13.5. The van der Waals surface area contributed by atoms with Gasteiger partial charge in [-0.1, -0.05) is 13.8 Å². The van der Waals surface area contributed by atoms with Crippen molar-refractivity contribution in [2.45, 2.75) is 70.8 Å². The molecule has 0 aromatic heterocycles. The van der Waals surface area contributed by atoms with Gasteiger partial charge in [-0.05, 0) is 81.1 Å². The second-order valence-electron chi connectivity index (χ2n) is 8.20. The molecular weight excluding hydrogens is 234 g/mol. The molecule has 0 radical (unpaired) electrons. The highest BCUT2D eigenvalue weighted by Gasteiger charge is 2.47. The fourth-order valence-electron chi connectivity index (χ4n) is 4.89. The van der Waals surface area contributed by atoms with Crippen LogP contribution in [0.15, 0.2) is 0 Å². The van der Waals surface area contributed by atoms with E-state index < -0.39 is 0 Å². The average Bonchev–Trinajstić information content (AvgIpc) is 2.36. The Bertz CT molecular complexity index is 321. The van der Waals surface area contributed by atoms with Gasteiger partial charge in [0, 0.05) is 6.61 Å². The third-order valence-corrected chi connectivity index (χ3v) is 6.29. The van der Waals surface area contributed by atoms with E-state index in [1.54, 1.807) is 0 Å². The molecule has 2 aliphatic carbocycles. The van der Waals surface area contributed by atoms with E-state index in [0.717, 1.165) is 30.9 Å². The molecule has 3 fully saturated rings. The van der Waals surface area contributed by atoms with Crippen molar-refractivity contribution in [3.05, 3.63) is 0 Å². The molecule has 19 heavy (non-hydrogen) atoms. The zero-order valence-electron chi connectivity index (χ0n) is 12.8. The Hall–Kier alpha value is -0.0800. The van der Waals surface area contributed by atoms with E-state index >= 15 is 0 Å². The van der Waals surface area contributed by atoms with E-state index in [-0.39, 0.29) is 0 Å². The molecule has 1 heterocycles. The van der Waals surface area contributed by atoms with Gasteiger partial charge < -0.3 is 10.5 Å². The number of rotatable bonds is 2. The van der Waals surface area contributed by atoms with Crippen LogP contribution in [0.2, 0.25) is 0 Å². The molecule has 0 amide bonds. The minimum Gasteiger partial charge on any atom is -0.375 e. The molecule has 2 N–H and O–H groups in total. The molecule has 2 saturated carbocycles. The molecule has 2 nitrogen and oxygen atoms in total. The summed E-state index contributed by atoms with van der Waals surface area (Å²) in [6.07, 6.45) is 10.7. The van der Waals surface area contributed by atoms with Crippen LogP contribution in [-0.4, -0.2) is 18.8 Å². The molecule has 110 valence electrons. The maximum absolute atomic E-state index is 6.11. The molecule has 1 aliphatic heterocycles. The summed E-state index contributed by atoms with van der Waals surface area (Å²) in [4.78, 5) is 0. The molecule has 0 bridgehead atoms. The van der Waals surface area contributed by atoms with E-state index in [1.807, 2.05) is 0 Å². The van der Waals surface area contributed by atoms with Gasteiger partial charge in [0.25, 0.3) is 0 Å². The fraction of sp³-hybridized carbons (Fsp3) is 1.00. The van der Waals surface area contributed by atoms with Crippen LogP contribution in [0, 0.1) is 23.2 Å². The van der Waals surface area contributed by atoms with Gasteiger partial charge in [0.1, 0.15) is 0 Å². The van der Waals surface area contributed by atoms with Gasteiger partial charge in [0.15, 0.2) is 0 Å². The number of ether oxygens (including phenoxy) is 1. The van der Waals surface area contributed by atoms with E-state index in [1.165, 1.54) is 51.4 Å². The molecule has 2 heteroatoms. The number of nitrogens with two attached hydrogens (primary N) is 1. The summed E-state index contributed by atoms with van der Waals surface area (Å²) < 4.78 is 6.11. The molecule has 1 spiro atoms. The van der Waals surface area contributed by atoms with Crippen molar-refractivity contribution in [3.8, 4) is 0 Å². The Morgan fingerprint density at radius 1 is 1.11 bits per heavy atom. The van der Waals surface area contributed by atoms with Crippen LogP contribution >= 0.6 is 0 Å². The summed E-state index contributed by atoms with van der Waals surface area (Å²) >= 11 is 0. The van der Waals surface area contributed by atoms with Crippen molar-refractivity contribution in [3.63, 3.8) is 0 Å². The summed E-state index contributed by atoms with van der Waals surface area (Å²) in [6, 6.07) is 0. The molecule has 3 unspecified atom stereocenters. The first-order valence-electron chi connectivity index (χ1n) is 8.38. The molecular formula is C17H31NO. The lowest BCUT2D eigenvalue weighted by Crippen LogP contribution is -2.49. The van der Waals surface area contributed by atoms with Gasteiger partial charge in [0.2, 0.25) is 0 Å². The van der Waals surface area contributed by atoms with Gasteiger partial charge in [-0.15, -0.1) is 0 Å². The molecule has 3 rings (SSSR count). The van der Waals surface area contributed by atoms with Crippen molar-refractivity contribution in [2.24, 2.45) is 28.9 Å². The van der Waals surface area contributed by atoms with E-state index in [4.69, 9.17) is 10.5 Å².